The fourth-order valence-corrected chi connectivity index (χ4v) is 5.28. The number of fused-ring (bicyclic) bond motifs is 2. The Bertz CT molecular complexity index is 753. The number of nitrogens with zero attached hydrogens (tertiary/aromatic N) is 1. The number of aryl methyl sites for hydroxylation is 1. The standard InChI is InChI=1S/C18H23NO5S/c1-3-24-18(21)13-8-14-10-19(11-15(9-13)17(14)20)25(22,23)16-6-4-12(2)5-7-16/h4-7,13-15H,3,8-11H2,1-2H3. The van der Waals surface area contributed by atoms with E-state index in [1.54, 1.807) is 31.2 Å². The molecule has 0 radical (unpaired) electrons. The molecule has 0 aromatic heterocycles. The lowest BCUT2D eigenvalue weighted by atomic mass is 9.72. The molecule has 0 amide bonds. The molecule has 1 saturated carbocycles. The van der Waals surface area contributed by atoms with Gasteiger partial charge in [-0.15, -0.1) is 0 Å². The maximum atomic E-state index is 12.9. The third-order valence-electron chi connectivity index (χ3n) is 5.07. The van der Waals surface area contributed by atoms with Gasteiger partial charge >= 0.3 is 5.97 Å². The van der Waals surface area contributed by atoms with E-state index in [0.29, 0.717) is 19.4 Å². The van der Waals surface area contributed by atoms with Crippen molar-refractivity contribution in [2.75, 3.05) is 19.7 Å². The average Bonchev–Trinajstić information content (AvgIpc) is 2.55. The Morgan fingerprint density at radius 3 is 2.24 bits per heavy atom. The maximum Gasteiger partial charge on any atom is 0.308 e. The zero-order chi connectivity index (χ0) is 18.2. The SMILES string of the molecule is CCOC(=O)C1CC2CN(S(=O)(=O)c3ccc(C)cc3)CC(C1)C2=O. The molecule has 1 aromatic carbocycles. The molecule has 2 aliphatic rings. The zero-order valence-corrected chi connectivity index (χ0v) is 15.3. The van der Waals surface area contributed by atoms with Crippen LogP contribution in [0, 0.1) is 24.7 Å². The van der Waals surface area contributed by atoms with Crippen LogP contribution in [-0.4, -0.2) is 44.2 Å². The molecular formula is C18H23NO5S. The highest BCUT2D eigenvalue weighted by Crippen LogP contribution is 2.37. The first kappa shape index (κ1) is 18.1. The van der Waals surface area contributed by atoms with Crippen molar-refractivity contribution in [1.29, 1.82) is 0 Å². The van der Waals surface area contributed by atoms with Crippen LogP contribution < -0.4 is 0 Å². The van der Waals surface area contributed by atoms with Crippen molar-refractivity contribution < 1.29 is 22.7 Å². The van der Waals surface area contributed by atoms with Gasteiger partial charge in [-0.25, -0.2) is 8.42 Å². The van der Waals surface area contributed by atoms with Crippen LogP contribution in [0.1, 0.15) is 25.3 Å². The molecule has 1 heterocycles. The number of rotatable bonds is 4. The van der Waals surface area contributed by atoms with E-state index in [4.69, 9.17) is 4.74 Å². The number of esters is 1. The van der Waals surface area contributed by atoms with Gasteiger partial charge in [0.15, 0.2) is 0 Å². The van der Waals surface area contributed by atoms with Gasteiger partial charge in [-0.1, -0.05) is 17.7 Å². The van der Waals surface area contributed by atoms with Crippen molar-refractivity contribution in [1.82, 2.24) is 4.31 Å². The van der Waals surface area contributed by atoms with E-state index >= 15 is 0 Å². The Balaban J connectivity index is 1.79. The lowest BCUT2D eigenvalue weighted by Gasteiger charge is -2.41. The van der Waals surface area contributed by atoms with Crippen LogP contribution in [-0.2, 0) is 24.3 Å². The van der Waals surface area contributed by atoms with Gasteiger partial charge in [0.1, 0.15) is 5.78 Å². The van der Waals surface area contributed by atoms with Crippen molar-refractivity contribution in [2.24, 2.45) is 17.8 Å². The first-order valence-electron chi connectivity index (χ1n) is 8.60. The smallest absolute Gasteiger partial charge is 0.308 e. The van der Waals surface area contributed by atoms with E-state index in [1.807, 2.05) is 6.92 Å². The number of hydrogen-bond donors (Lipinski definition) is 0. The van der Waals surface area contributed by atoms with E-state index in [-0.39, 0.29) is 35.7 Å². The molecule has 136 valence electrons. The number of piperidine rings is 1. The topological polar surface area (TPSA) is 80.8 Å². The molecule has 1 aliphatic carbocycles. The molecule has 2 atom stereocenters. The van der Waals surface area contributed by atoms with Crippen molar-refractivity contribution in [2.45, 2.75) is 31.6 Å². The van der Waals surface area contributed by atoms with Crippen molar-refractivity contribution in [3.8, 4) is 0 Å². The Morgan fingerprint density at radius 1 is 1.16 bits per heavy atom. The van der Waals surface area contributed by atoms with E-state index in [9.17, 15) is 18.0 Å². The molecule has 7 heteroatoms. The van der Waals surface area contributed by atoms with E-state index < -0.39 is 21.9 Å². The first-order chi connectivity index (χ1) is 11.8. The summed E-state index contributed by atoms with van der Waals surface area (Å²) in [6.07, 6.45) is 0.738. The highest BCUT2D eigenvalue weighted by Gasteiger charge is 2.47. The summed E-state index contributed by atoms with van der Waals surface area (Å²) in [5.74, 6) is -1.36. The Kier molecular flexibility index (Phi) is 4.97. The summed E-state index contributed by atoms with van der Waals surface area (Å²) < 4.78 is 32.2. The van der Waals surface area contributed by atoms with E-state index in [1.165, 1.54) is 4.31 Å². The van der Waals surface area contributed by atoms with Gasteiger partial charge in [0.25, 0.3) is 0 Å². The van der Waals surface area contributed by atoms with E-state index in [2.05, 4.69) is 0 Å². The molecule has 1 aromatic rings. The van der Waals surface area contributed by atoms with Crippen molar-refractivity contribution in [3.05, 3.63) is 29.8 Å². The van der Waals surface area contributed by atoms with Crippen LogP contribution in [0.3, 0.4) is 0 Å². The van der Waals surface area contributed by atoms with Crippen molar-refractivity contribution in [3.63, 3.8) is 0 Å². The molecule has 3 rings (SSSR count). The molecule has 25 heavy (non-hydrogen) atoms. The summed E-state index contributed by atoms with van der Waals surface area (Å²) in [5.41, 5.74) is 0.988. The number of carbonyl (C=O) groups excluding carboxylic acids is 2. The first-order valence-corrected chi connectivity index (χ1v) is 10.0. The Labute approximate surface area is 148 Å². The van der Waals surface area contributed by atoms with Gasteiger partial charge < -0.3 is 4.74 Å². The van der Waals surface area contributed by atoms with Crippen LogP contribution in [0.2, 0.25) is 0 Å². The van der Waals surface area contributed by atoms with Gasteiger partial charge in [-0.05, 0) is 38.8 Å². The summed E-state index contributed by atoms with van der Waals surface area (Å²) in [4.78, 5) is 24.7. The van der Waals surface area contributed by atoms with Gasteiger partial charge in [0.05, 0.1) is 17.4 Å². The second kappa shape index (κ2) is 6.88. The third-order valence-corrected chi connectivity index (χ3v) is 6.92. The quantitative estimate of drug-likeness (QED) is 0.760. The molecule has 2 fully saturated rings. The highest BCUT2D eigenvalue weighted by molar-refractivity contribution is 7.89. The summed E-state index contributed by atoms with van der Waals surface area (Å²) in [6, 6.07) is 6.72. The molecule has 2 unspecified atom stereocenters. The van der Waals surface area contributed by atoms with Crippen LogP contribution in [0.25, 0.3) is 0 Å². The lowest BCUT2D eigenvalue weighted by Crippen LogP contribution is -2.53. The maximum absolute atomic E-state index is 12.9. The van der Waals surface area contributed by atoms with Crippen molar-refractivity contribution >= 4 is 21.8 Å². The van der Waals surface area contributed by atoms with Crippen LogP contribution in [0.4, 0.5) is 0 Å². The second-order valence-corrected chi connectivity index (χ2v) is 8.79. The predicted molar refractivity (Wildman–Crippen MR) is 91.3 cm³/mol. The van der Waals surface area contributed by atoms with Gasteiger partial charge in [-0.2, -0.15) is 4.31 Å². The fraction of sp³-hybridized carbons (Fsp3) is 0.556. The third kappa shape index (κ3) is 3.48. The number of ether oxygens (including phenoxy) is 1. The largest absolute Gasteiger partial charge is 0.466 e. The monoisotopic (exact) mass is 365 g/mol. The number of sulfonamides is 1. The summed E-state index contributed by atoms with van der Waals surface area (Å²) >= 11 is 0. The summed E-state index contributed by atoms with van der Waals surface area (Å²) in [5, 5.41) is 0. The van der Waals surface area contributed by atoms with Gasteiger partial charge in [0.2, 0.25) is 10.0 Å². The normalized spacial score (nSPS) is 27.1. The number of carbonyl (C=O) groups is 2. The summed E-state index contributed by atoms with van der Waals surface area (Å²) in [6.45, 7) is 4.24. The summed E-state index contributed by atoms with van der Waals surface area (Å²) in [7, 11) is -3.63. The average molecular weight is 365 g/mol. The molecule has 1 aliphatic heterocycles. The molecule has 6 nitrogen and oxygen atoms in total. The molecule has 0 spiro atoms. The minimum absolute atomic E-state index is 0.0795. The number of benzene rings is 1. The number of hydrogen-bond acceptors (Lipinski definition) is 5. The Morgan fingerprint density at radius 2 is 1.72 bits per heavy atom. The van der Waals surface area contributed by atoms with E-state index in [0.717, 1.165) is 5.56 Å². The molecule has 0 N–H and O–H groups in total. The minimum atomic E-state index is -3.63. The Hall–Kier alpha value is -1.73. The molecule has 1 saturated heterocycles. The second-order valence-electron chi connectivity index (χ2n) is 6.85. The zero-order valence-electron chi connectivity index (χ0n) is 14.5. The van der Waals surface area contributed by atoms with Gasteiger partial charge in [-0.3, -0.25) is 9.59 Å². The fourth-order valence-electron chi connectivity index (χ4n) is 3.75. The van der Waals surface area contributed by atoms with Gasteiger partial charge in [0, 0.05) is 24.9 Å². The van der Waals surface area contributed by atoms with Crippen LogP contribution in [0.5, 0.6) is 0 Å². The number of Topliss-reactive ketones (excluding diaryl/α,β-unsaturated/α-hetero) is 1. The highest BCUT2D eigenvalue weighted by atomic mass is 32.2. The lowest BCUT2D eigenvalue weighted by molar-refractivity contribution is -0.153. The number of ketones is 1. The van der Waals surface area contributed by atoms with Crippen LogP contribution >= 0.6 is 0 Å². The minimum Gasteiger partial charge on any atom is -0.466 e. The predicted octanol–water partition coefficient (Wildman–Crippen LogP) is 1.77. The van der Waals surface area contributed by atoms with Crippen LogP contribution in [0.15, 0.2) is 29.2 Å². The molecule has 2 bridgehead atoms. The molecular weight excluding hydrogens is 342 g/mol.